The van der Waals surface area contributed by atoms with Crippen molar-refractivity contribution < 1.29 is 14.2 Å². The Labute approximate surface area is 199 Å². The molecular formula is C27H39N3O3. The minimum absolute atomic E-state index is 0.816. The number of aryl methyl sites for hydroxylation is 3. The predicted molar refractivity (Wildman–Crippen MR) is 133 cm³/mol. The highest BCUT2D eigenvalue weighted by atomic mass is 16.5. The SMILES string of the molecule is COCCCc1ccccn1.COCCCc1ccccn1.COCCCc1cccnc1. The third kappa shape index (κ3) is 16.6. The molecule has 3 rings (SSSR count). The summed E-state index contributed by atoms with van der Waals surface area (Å²) in [6.45, 7) is 2.46. The molecule has 0 aliphatic heterocycles. The van der Waals surface area contributed by atoms with Gasteiger partial charge in [0.2, 0.25) is 0 Å². The van der Waals surface area contributed by atoms with Gasteiger partial charge in [0, 0.05) is 77.3 Å². The zero-order valence-electron chi connectivity index (χ0n) is 20.4. The van der Waals surface area contributed by atoms with Gasteiger partial charge in [-0.3, -0.25) is 15.0 Å². The summed E-state index contributed by atoms with van der Waals surface area (Å²) in [5, 5.41) is 0. The first-order valence-electron chi connectivity index (χ1n) is 11.5. The predicted octanol–water partition coefficient (Wildman–Crippen LogP) is 4.98. The van der Waals surface area contributed by atoms with E-state index < -0.39 is 0 Å². The lowest BCUT2D eigenvalue weighted by atomic mass is 10.2. The Hall–Kier alpha value is -2.67. The van der Waals surface area contributed by atoms with Gasteiger partial charge in [-0.25, -0.2) is 0 Å². The maximum atomic E-state index is 4.94. The van der Waals surface area contributed by atoms with Crippen molar-refractivity contribution in [2.75, 3.05) is 41.2 Å². The number of rotatable bonds is 12. The number of pyridine rings is 3. The van der Waals surface area contributed by atoms with E-state index in [9.17, 15) is 0 Å². The molecule has 0 saturated carbocycles. The van der Waals surface area contributed by atoms with Crippen molar-refractivity contribution in [3.63, 3.8) is 0 Å². The highest BCUT2D eigenvalue weighted by molar-refractivity contribution is 5.08. The quantitative estimate of drug-likeness (QED) is 0.360. The van der Waals surface area contributed by atoms with Crippen LogP contribution in [0.15, 0.2) is 73.3 Å². The Kier molecular flexibility index (Phi) is 18.2. The molecule has 0 aromatic carbocycles. The molecule has 0 unspecified atom stereocenters. The molecule has 180 valence electrons. The van der Waals surface area contributed by atoms with E-state index >= 15 is 0 Å². The van der Waals surface area contributed by atoms with Crippen LogP contribution in [0.4, 0.5) is 0 Å². The molecule has 0 aliphatic carbocycles. The molecule has 0 amide bonds. The lowest BCUT2D eigenvalue weighted by Crippen LogP contribution is -1.93. The smallest absolute Gasteiger partial charge is 0.0466 e. The van der Waals surface area contributed by atoms with Gasteiger partial charge in [0.15, 0.2) is 0 Å². The summed E-state index contributed by atoms with van der Waals surface area (Å²) in [7, 11) is 5.17. The first-order valence-corrected chi connectivity index (χ1v) is 11.5. The van der Waals surface area contributed by atoms with Gasteiger partial charge in [-0.05, 0) is 74.4 Å². The van der Waals surface area contributed by atoms with Crippen LogP contribution < -0.4 is 0 Å². The van der Waals surface area contributed by atoms with Crippen LogP contribution in [-0.2, 0) is 33.5 Å². The van der Waals surface area contributed by atoms with Crippen LogP contribution >= 0.6 is 0 Å². The van der Waals surface area contributed by atoms with Gasteiger partial charge in [-0.15, -0.1) is 0 Å². The van der Waals surface area contributed by atoms with Crippen molar-refractivity contribution in [2.45, 2.75) is 38.5 Å². The van der Waals surface area contributed by atoms with Gasteiger partial charge in [-0.2, -0.15) is 0 Å². The Balaban J connectivity index is 0.000000247. The van der Waals surface area contributed by atoms with Crippen molar-refractivity contribution in [2.24, 2.45) is 0 Å². The second kappa shape index (κ2) is 21.2. The van der Waals surface area contributed by atoms with E-state index in [1.807, 2.05) is 61.1 Å². The van der Waals surface area contributed by atoms with E-state index in [2.05, 4.69) is 21.0 Å². The van der Waals surface area contributed by atoms with E-state index in [0.29, 0.717) is 0 Å². The lowest BCUT2D eigenvalue weighted by molar-refractivity contribution is 0.195. The number of ether oxygens (including phenoxy) is 3. The van der Waals surface area contributed by atoms with Crippen LogP contribution in [0.25, 0.3) is 0 Å². The molecule has 0 atom stereocenters. The third-order valence-corrected chi connectivity index (χ3v) is 4.55. The number of hydrogen-bond donors (Lipinski definition) is 0. The molecule has 0 fully saturated rings. The van der Waals surface area contributed by atoms with Crippen molar-refractivity contribution in [3.05, 3.63) is 90.3 Å². The average molecular weight is 454 g/mol. The summed E-state index contributed by atoms with van der Waals surface area (Å²) in [6.07, 6.45) is 13.6. The first kappa shape index (κ1) is 28.4. The fourth-order valence-corrected chi connectivity index (χ4v) is 2.85. The molecule has 0 radical (unpaired) electrons. The highest BCUT2D eigenvalue weighted by Gasteiger charge is 1.92. The summed E-state index contributed by atoms with van der Waals surface area (Å²) in [6, 6.07) is 16.0. The van der Waals surface area contributed by atoms with Gasteiger partial charge in [0.1, 0.15) is 0 Å². The largest absolute Gasteiger partial charge is 0.385 e. The molecule has 0 N–H and O–H groups in total. The summed E-state index contributed by atoms with van der Waals surface area (Å²) in [4.78, 5) is 12.4. The molecule has 0 spiro atoms. The average Bonchev–Trinajstić information content (AvgIpc) is 2.87. The number of aromatic nitrogens is 3. The van der Waals surface area contributed by atoms with Crippen molar-refractivity contribution in [1.82, 2.24) is 15.0 Å². The molecule has 33 heavy (non-hydrogen) atoms. The Bertz CT molecular complexity index is 666. The number of nitrogens with zero attached hydrogens (tertiary/aromatic N) is 3. The summed E-state index contributed by atoms with van der Waals surface area (Å²) >= 11 is 0. The summed E-state index contributed by atoms with van der Waals surface area (Å²) in [5.74, 6) is 0. The van der Waals surface area contributed by atoms with Gasteiger partial charge >= 0.3 is 0 Å². The van der Waals surface area contributed by atoms with E-state index in [4.69, 9.17) is 14.2 Å². The second-order valence-electron chi connectivity index (χ2n) is 7.29. The zero-order chi connectivity index (χ0) is 23.8. The minimum atomic E-state index is 0.816. The van der Waals surface area contributed by atoms with Crippen LogP contribution in [0, 0.1) is 0 Å². The highest BCUT2D eigenvalue weighted by Crippen LogP contribution is 2.00. The normalized spacial score (nSPS) is 9.91. The fourth-order valence-electron chi connectivity index (χ4n) is 2.85. The number of methoxy groups -OCH3 is 3. The fraction of sp³-hybridized carbons (Fsp3) is 0.444. The summed E-state index contributed by atoms with van der Waals surface area (Å²) in [5.41, 5.74) is 3.57. The van der Waals surface area contributed by atoms with E-state index in [-0.39, 0.29) is 0 Å². The second-order valence-corrected chi connectivity index (χ2v) is 7.29. The maximum absolute atomic E-state index is 4.94. The Morgan fingerprint density at radius 3 is 1.48 bits per heavy atom. The molecule has 3 heterocycles. The molecule has 6 heteroatoms. The monoisotopic (exact) mass is 453 g/mol. The Morgan fingerprint density at radius 2 is 1.09 bits per heavy atom. The standard InChI is InChI=1S/3C9H13NO/c1-11-7-3-5-9-4-2-6-10-8-9;2*1-11-8-4-6-9-5-2-3-7-10-9/h2,4,6,8H,3,5,7H2,1H3;2*2-3,5,7H,4,6,8H2,1H3. The van der Waals surface area contributed by atoms with Crippen molar-refractivity contribution in [3.8, 4) is 0 Å². The van der Waals surface area contributed by atoms with E-state index in [0.717, 1.165) is 69.7 Å². The van der Waals surface area contributed by atoms with Crippen LogP contribution in [0.5, 0.6) is 0 Å². The maximum Gasteiger partial charge on any atom is 0.0466 e. The zero-order valence-corrected chi connectivity index (χ0v) is 20.4. The van der Waals surface area contributed by atoms with Crippen LogP contribution in [0.2, 0.25) is 0 Å². The Morgan fingerprint density at radius 1 is 0.576 bits per heavy atom. The van der Waals surface area contributed by atoms with Gasteiger partial charge in [-0.1, -0.05) is 18.2 Å². The van der Waals surface area contributed by atoms with Crippen LogP contribution in [0.3, 0.4) is 0 Å². The molecule has 0 aliphatic rings. The molecule has 0 bridgehead atoms. The van der Waals surface area contributed by atoms with E-state index in [1.165, 1.54) is 5.56 Å². The summed E-state index contributed by atoms with van der Waals surface area (Å²) < 4.78 is 14.8. The first-order chi connectivity index (χ1) is 16.3. The van der Waals surface area contributed by atoms with E-state index in [1.54, 1.807) is 27.5 Å². The van der Waals surface area contributed by atoms with Gasteiger partial charge in [0.25, 0.3) is 0 Å². The van der Waals surface area contributed by atoms with Crippen molar-refractivity contribution in [1.29, 1.82) is 0 Å². The number of hydrogen-bond acceptors (Lipinski definition) is 6. The lowest BCUT2D eigenvalue weighted by Gasteiger charge is -1.98. The topological polar surface area (TPSA) is 66.4 Å². The molecule has 0 saturated heterocycles. The molecule has 3 aromatic rings. The van der Waals surface area contributed by atoms with Gasteiger partial charge < -0.3 is 14.2 Å². The minimum Gasteiger partial charge on any atom is -0.385 e. The van der Waals surface area contributed by atoms with Crippen LogP contribution in [0.1, 0.15) is 36.2 Å². The molecular weight excluding hydrogens is 414 g/mol. The molecule has 6 nitrogen and oxygen atoms in total. The van der Waals surface area contributed by atoms with Gasteiger partial charge in [0.05, 0.1) is 0 Å². The molecule has 3 aromatic heterocycles. The van der Waals surface area contributed by atoms with Crippen LogP contribution in [-0.4, -0.2) is 56.1 Å². The third-order valence-electron chi connectivity index (χ3n) is 4.55. The van der Waals surface area contributed by atoms with Crippen molar-refractivity contribution >= 4 is 0 Å².